The maximum absolute atomic E-state index is 4.55. The van der Waals surface area contributed by atoms with Crippen LogP contribution in [0.25, 0.3) is 0 Å². The third-order valence-corrected chi connectivity index (χ3v) is 5.08. The molecule has 0 unspecified atom stereocenters. The number of benzene rings is 1. The summed E-state index contributed by atoms with van der Waals surface area (Å²) in [5.74, 6) is 2.71. The lowest BCUT2D eigenvalue weighted by Crippen LogP contribution is -2.36. The predicted octanol–water partition coefficient (Wildman–Crippen LogP) is 3.67. The van der Waals surface area contributed by atoms with Gasteiger partial charge in [-0.15, -0.1) is 0 Å². The quantitative estimate of drug-likeness (QED) is 0.830. The summed E-state index contributed by atoms with van der Waals surface area (Å²) in [6, 6.07) is 11.9. The van der Waals surface area contributed by atoms with E-state index in [1.54, 1.807) is 0 Å². The Balaban J connectivity index is 1.47. The van der Waals surface area contributed by atoms with Crippen molar-refractivity contribution in [3.63, 3.8) is 0 Å². The molecule has 0 spiro atoms. The highest BCUT2D eigenvalue weighted by atomic mass is 15.2. The van der Waals surface area contributed by atoms with E-state index in [2.05, 4.69) is 51.8 Å². The van der Waals surface area contributed by atoms with Gasteiger partial charge in [-0.05, 0) is 45.1 Å². The third-order valence-electron chi connectivity index (χ3n) is 5.08. The number of nitrogens with one attached hydrogen (secondary N) is 2. The molecular formula is C21H31N5. The molecule has 2 aromatic rings. The minimum atomic E-state index is 0.497. The highest BCUT2D eigenvalue weighted by Gasteiger charge is 2.21. The van der Waals surface area contributed by atoms with Crippen LogP contribution >= 0.6 is 0 Å². The highest BCUT2D eigenvalue weighted by Crippen LogP contribution is 2.23. The van der Waals surface area contributed by atoms with Gasteiger partial charge in [-0.1, -0.05) is 29.8 Å². The van der Waals surface area contributed by atoms with Gasteiger partial charge in [-0.2, -0.15) is 0 Å². The molecule has 140 valence electrons. The van der Waals surface area contributed by atoms with Gasteiger partial charge in [-0.3, -0.25) is 0 Å². The monoisotopic (exact) mass is 353 g/mol. The fourth-order valence-corrected chi connectivity index (χ4v) is 3.47. The fraction of sp³-hybridized carbons (Fsp3) is 0.524. The summed E-state index contributed by atoms with van der Waals surface area (Å²) < 4.78 is 0. The predicted molar refractivity (Wildman–Crippen MR) is 109 cm³/mol. The Morgan fingerprint density at radius 2 is 1.62 bits per heavy atom. The van der Waals surface area contributed by atoms with Crippen molar-refractivity contribution in [2.75, 3.05) is 24.3 Å². The second kappa shape index (κ2) is 8.49. The zero-order valence-corrected chi connectivity index (χ0v) is 16.4. The second-order valence-electron chi connectivity index (χ2n) is 7.61. The molecule has 1 aliphatic carbocycles. The minimum absolute atomic E-state index is 0.497. The number of hydrogen-bond donors (Lipinski definition) is 2. The largest absolute Gasteiger partial charge is 0.367 e. The van der Waals surface area contributed by atoms with Crippen LogP contribution in [0, 0.1) is 13.8 Å². The molecule has 0 radical (unpaired) electrons. The van der Waals surface area contributed by atoms with E-state index < -0.39 is 0 Å². The molecule has 5 heteroatoms. The zero-order valence-electron chi connectivity index (χ0n) is 16.4. The van der Waals surface area contributed by atoms with E-state index in [4.69, 9.17) is 0 Å². The van der Waals surface area contributed by atoms with Gasteiger partial charge < -0.3 is 15.5 Å². The molecule has 3 rings (SSSR count). The van der Waals surface area contributed by atoms with Crippen molar-refractivity contribution < 1.29 is 0 Å². The molecule has 0 atom stereocenters. The topological polar surface area (TPSA) is 53.1 Å². The molecule has 2 N–H and O–H groups in total. The Labute approximate surface area is 157 Å². The molecule has 1 fully saturated rings. The molecule has 5 nitrogen and oxygen atoms in total. The van der Waals surface area contributed by atoms with E-state index in [1.807, 2.05) is 32.0 Å². The summed E-state index contributed by atoms with van der Waals surface area (Å²) in [4.78, 5) is 11.0. The van der Waals surface area contributed by atoms with Gasteiger partial charge in [0.15, 0.2) is 0 Å². The summed E-state index contributed by atoms with van der Waals surface area (Å²) in [6.07, 6.45) is 4.75. The Kier molecular flexibility index (Phi) is 6.09. The van der Waals surface area contributed by atoms with Crippen LogP contribution in [-0.4, -0.2) is 36.1 Å². The van der Waals surface area contributed by atoms with Crippen LogP contribution in [0.1, 0.15) is 42.6 Å². The Morgan fingerprint density at radius 3 is 2.27 bits per heavy atom. The molecule has 0 bridgehead atoms. The van der Waals surface area contributed by atoms with Crippen molar-refractivity contribution in [1.29, 1.82) is 0 Å². The van der Waals surface area contributed by atoms with Gasteiger partial charge in [-0.25, -0.2) is 9.97 Å². The number of hydrogen-bond acceptors (Lipinski definition) is 5. The molecular weight excluding hydrogens is 322 g/mol. The van der Waals surface area contributed by atoms with E-state index >= 15 is 0 Å². The molecule has 1 heterocycles. The first-order valence-electron chi connectivity index (χ1n) is 9.58. The summed E-state index contributed by atoms with van der Waals surface area (Å²) >= 11 is 0. The van der Waals surface area contributed by atoms with E-state index in [9.17, 15) is 0 Å². The summed E-state index contributed by atoms with van der Waals surface area (Å²) in [7, 11) is 4.02. The first-order valence-corrected chi connectivity index (χ1v) is 9.58. The lowest BCUT2D eigenvalue weighted by Gasteiger charge is -2.30. The standard InChI is InChI=1S/C21H31N5/c1-15-5-7-17(8-6-15)14-22-18-9-11-19(12-10-18)25-20-13-21(26(3)4)24-16(2)23-20/h5-8,13,18-19,22H,9-12,14H2,1-4H3,(H,23,24,25). The summed E-state index contributed by atoms with van der Waals surface area (Å²) in [5, 5.41) is 7.33. The van der Waals surface area contributed by atoms with Crippen LogP contribution in [0.4, 0.5) is 11.6 Å². The first-order chi connectivity index (χ1) is 12.5. The minimum Gasteiger partial charge on any atom is -0.367 e. The van der Waals surface area contributed by atoms with E-state index in [0.717, 1.165) is 24.0 Å². The van der Waals surface area contributed by atoms with Gasteiger partial charge >= 0.3 is 0 Å². The number of rotatable bonds is 6. The van der Waals surface area contributed by atoms with Crippen molar-refractivity contribution in [3.8, 4) is 0 Å². The van der Waals surface area contributed by atoms with Gasteiger partial charge in [0, 0.05) is 38.8 Å². The molecule has 1 aromatic carbocycles. The number of nitrogens with zero attached hydrogens (tertiary/aromatic N) is 3. The van der Waals surface area contributed by atoms with Gasteiger partial charge in [0.1, 0.15) is 17.5 Å². The lowest BCUT2D eigenvalue weighted by atomic mass is 9.91. The van der Waals surface area contributed by atoms with E-state index in [-0.39, 0.29) is 0 Å². The summed E-state index contributed by atoms with van der Waals surface area (Å²) in [6.45, 7) is 5.04. The van der Waals surface area contributed by atoms with Crippen molar-refractivity contribution in [3.05, 3.63) is 47.3 Å². The molecule has 0 amide bonds. The van der Waals surface area contributed by atoms with Crippen LogP contribution in [-0.2, 0) is 6.54 Å². The number of aryl methyl sites for hydroxylation is 2. The zero-order chi connectivity index (χ0) is 18.5. The van der Waals surface area contributed by atoms with Crippen molar-refractivity contribution in [1.82, 2.24) is 15.3 Å². The van der Waals surface area contributed by atoms with Crippen molar-refractivity contribution in [2.45, 2.75) is 58.2 Å². The Morgan fingerprint density at radius 1 is 0.962 bits per heavy atom. The average Bonchev–Trinajstić information content (AvgIpc) is 2.62. The fourth-order valence-electron chi connectivity index (χ4n) is 3.47. The molecule has 26 heavy (non-hydrogen) atoms. The Bertz CT molecular complexity index is 703. The summed E-state index contributed by atoms with van der Waals surface area (Å²) in [5.41, 5.74) is 2.68. The van der Waals surface area contributed by atoms with Gasteiger partial charge in [0.05, 0.1) is 0 Å². The third kappa shape index (κ3) is 5.18. The molecule has 1 aromatic heterocycles. The van der Waals surface area contributed by atoms with Gasteiger partial charge in [0.2, 0.25) is 0 Å². The maximum Gasteiger partial charge on any atom is 0.133 e. The second-order valence-corrected chi connectivity index (χ2v) is 7.61. The van der Waals surface area contributed by atoms with Crippen LogP contribution in [0.3, 0.4) is 0 Å². The van der Waals surface area contributed by atoms with E-state index in [0.29, 0.717) is 12.1 Å². The van der Waals surface area contributed by atoms with Crippen LogP contribution in [0.15, 0.2) is 30.3 Å². The molecule has 1 aliphatic rings. The van der Waals surface area contributed by atoms with Gasteiger partial charge in [0.25, 0.3) is 0 Å². The SMILES string of the molecule is Cc1ccc(CNC2CCC(Nc3cc(N(C)C)nc(C)n3)CC2)cc1. The molecule has 1 saturated carbocycles. The van der Waals surface area contributed by atoms with Crippen molar-refractivity contribution >= 4 is 11.6 Å². The number of anilines is 2. The van der Waals surface area contributed by atoms with Crippen LogP contribution in [0.5, 0.6) is 0 Å². The maximum atomic E-state index is 4.55. The Hall–Kier alpha value is -2.14. The van der Waals surface area contributed by atoms with Crippen LogP contribution in [0.2, 0.25) is 0 Å². The molecule has 0 aliphatic heterocycles. The first kappa shape index (κ1) is 18.6. The van der Waals surface area contributed by atoms with Crippen molar-refractivity contribution in [2.24, 2.45) is 0 Å². The number of aromatic nitrogens is 2. The lowest BCUT2D eigenvalue weighted by molar-refractivity contribution is 0.352. The average molecular weight is 354 g/mol. The van der Waals surface area contributed by atoms with Crippen LogP contribution < -0.4 is 15.5 Å². The van der Waals surface area contributed by atoms with E-state index in [1.165, 1.54) is 36.8 Å². The smallest absolute Gasteiger partial charge is 0.133 e. The highest BCUT2D eigenvalue weighted by molar-refractivity contribution is 5.49. The normalized spacial score (nSPS) is 20.0. The molecule has 0 saturated heterocycles.